The second-order valence-electron chi connectivity index (χ2n) is 3.00. The van der Waals surface area contributed by atoms with Crippen LogP contribution in [0.25, 0.3) is 0 Å². The van der Waals surface area contributed by atoms with Gasteiger partial charge in [0.1, 0.15) is 0 Å². The van der Waals surface area contributed by atoms with Crippen LogP contribution in [-0.4, -0.2) is 37.8 Å². The van der Waals surface area contributed by atoms with E-state index < -0.39 is 0 Å². The molecule has 1 fully saturated rings. The van der Waals surface area contributed by atoms with Gasteiger partial charge in [-0.2, -0.15) is 0 Å². The van der Waals surface area contributed by atoms with E-state index in [1.54, 1.807) is 0 Å². The quantitative estimate of drug-likeness (QED) is 0.680. The zero-order chi connectivity index (χ0) is 8.97. The number of amides is 1. The molecule has 0 aromatic carbocycles. The van der Waals surface area contributed by atoms with Gasteiger partial charge in [-0.1, -0.05) is 0 Å². The monoisotopic (exact) mass is 233 g/mol. The first-order chi connectivity index (χ1) is 5.74. The van der Waals surface area contributed by atoms with Gasteiger partial charge in [0.2, 0.25) is 0 Å². The molecule has 12 heavy (non-hydrogen) atoms. The van der Waals surface area contributed by atoms with E-state index in [0.29, 0.717) is 4.81 Å². The first-order valence-electron chi connectivity index (χ1n) is 4.38. The SMILES string of the molecule is C=C1CCN(CCCC)C(=O)[Se]1. The molecule has 0 saturated carbocycles. The average molecular weight is 232 g/mol. The third-order valence-electron chi connectivity index (χ3n) is 1.93. The summed E-state index contributed by atoms with van der Waals surface area (Å²) in [6.45, 7) is 7.86. The van der Waals surface area contributed by atoms with Crippen LogP contribution < -0.4 is 0 Å². The van der Waals surface area contributed by atoms with Crippen molar-refractivity contribution < 1.29 is 4.79 Å². The Morgan fingerprint density at radius 3 is 3.00 bits per heavy atom. The molecule has 1 amide bonds. The number of carbonyl (C=O) groups is 1. The molecule has 0 unspecified atom stereocenters. The molecule has 2 nitrogen and oxygen atoms in total. The van der Waals surface area contributed by atoms with E-state index in [1.165, 1.54) is 0 Å². The van der Waals surface area contributed by atoms with Crippen molar-refractivity contribution in [2.45, 2.75) is 26.2 Å². The van der Waals surface area contributed by atoms with Crippen molar-refractivity contribution in [1.29, 1.82) is 0 Å². The Kier molecular flexibility index (Phi) is 3.83. The topological polar surface area (TPSA) is 20.3 Å². The standard InChI is InChI=1S/C9H15NOSe/c1-3-4-6-10-7-5-8(2)12-9(10)11/h2-7H2,1H3. The van der Waals surface area contributed by atoms with Crippen LogP contribution in [0, 0.1) is 0 Å². The van der Waals surface area contributed by atoms with Crippen LogP contribution in [0.3, 0.4) is 0 Å². The third-order valence-corrected chi connectivity index (χ3v) is 3.87. The van der Waals surface area contributed by atoms with E-state index in [2.05, 4.69) is 13.5 Å². The maximum atomic E-state index is 11.4. The first kappa shape index (κ1) is 9.81. The summed E-state index contributed by atoms with van der Waals surface area (Å²) in [5.74, 6) is 0. The van der Waals surface area contributed by atoms with Gasteiger partial charge in [0, 0.05) is 0 Å². The first-order valence-corrected chi connectivity index (χ1v) is 6.10. The van der Waals surface area contributed by atoms with Crippen molar-refractivity contribution in [3.63, 3.8) is 0 Å². The van der Waals surface area contributed by atoms with Crippen LogP contribution in [0.2, 0.25) is 0 Å². The summed E-state index contributed by atoms with van der Waals surface area (Å²) in [7, 11) is 0. The molecule has 1 aliphatic heterocycles. The van der Waals surface area contributed by atoms with E-state index in [1.807, 2.05) is 4.90 Å². The fourth-order valence-electron chi connectivity index (χ4n) is 1.14. The van der Waals surface area contributed by atoms with E-state index >= 15 is 0 Å². The summed E-state index contributed by atoms with van der Waals surface area (Å²) in [5, 5.41) is 0. The van der Waals surface area contributed by atoms with Gasteiger partial charge >= 0.3 is 79.8 Å². The summed E-state index contributed by atoms with van der Waals surface area (Å²) in [6.07, 6.45) is 3.32. The minimum atomic E-state index is 0.0337. The third kappa shape index (κ3) is 2.65. The van der Waals surface area contributed by atoms with Crippen molar-refractivity contribution in [1.82, 2.24) is 4.90 Å². The molecule has 1 aliphatic rings. The minimum absolute atomic E-state index is 0.0337. The van der Waals surface area contributed by atoms with Gasteiger partial charge in [0.25, 0.3) is 0 Å². The Hall–Kier alpha value is -0.271. The molecular formula is C9H15NOSe. The van der Waals surface area contributed by atoms with Gasteiger partial charge in [-0.05, 0) is 0 Å². The molecule has 3 heteroatoms. The molecule has 0 bridgehead atoms. The Morgan fingerprint density at radius 2 is 2.42 bits per heavy atom. The maximum absolute atomic E-state index is 11.4. The van der Waals surface area contributed by atoms with Crippen LogP contribution in [0.5, 0.6) is 0 Å². The predicted molar refractivity (Wildman–Crippen MR) is 51.4 cm³/mol. The van der Waals surface area contributed by atoms with Gasteiger partial charge in [-0.15, -0.1) is 0 Å². The Balaban J connectivity index is 2.35. The Labute approximate surface area is 80.2 Å². The molecule has 0 aliphatic carbocycles. The fourth-order valence-corrected chi connectivity index (χ4v) is 2.72. The molecular weight excluding hydrogens is 217 g/mol. The van der Waals surface area contributed by atoms with Crippen LogP contribution in [0.4, 0.5) is 4.79 Å². The van der Waals surface area contributed by atoms with Crippen molar-refractivity contribution >= 4 is 19.8 Å². The van der Waals surface area contributed by atoms with Crippen molar-refractivity contribution in [2.24, 2.45) is 0 Å². The van der Waals surface area contributed by atoms with Gasteiger partial charge in [0.15, 0.2) is 0 Å². The van der Waals surface area contributed by atoms with Gasteiger partial charge in [0.05, 0.1) is 0 Å². The molecule has 1 rings (SSSR count). The Bertz CT molecular complexity index is 191. The second kappa shape index (κ2) is 4.68. The van der Waals surface area contributed by atoms with Gasteiger partial charge < -0.3 is 0 Å². The molecule has 0 radical (unpaired) electrons. The fraction of sp³-hybridized carbons (Fsp3) is 0.667. The average Bonchev–Trinajstić information content (AvgIpc) is 2.03. The number of rotatable bonds is 3. The molecule has 1 heterocycles. The number of nitrogens with zero attached hydrogens (tertiary/aromatic N) is 1. The molecule has 1 saturated heterocycles. The molecule has 0 aromatic rings. The number of carbonyl (C=O) groups excluding carboxylic acids is 1. The summed E-state index contributed by atoms with van der Waals surface area (Å²) in [4.78, 5) is 13.7. The zero-order valence-corrected chi connectivity index (χ0v) is 9.22. The summed E-state index contributed by atoms with van der Waals surface area (Å²) < 4.78 is 1.15. The second-order valence-corrected chi connectivity index (χ2v) is 5.37. The van der Waals surface area contributed by atoms with Gasteiger partial charge in [-0.25, -0.2) is 0 Å². The molecule has 0 spiro atoms. The zero-order valence-electron chi connectivity index (χ0n) is 7.51. The van der Waals surface area contributed by atoms with Crippen LogP contribution in [-0.2, 0) is 0 Å². The van der Waals surface area contributed by atoms with Crippen LogP contribution in [0.1, 0.15) is 26.2 Å². The molecule has 0 N–H and O–H groups in total. The summed E-state index contributed by atoms with van der Waals surface area (Å²) in [6, 6.07) is 0. The normalized spacial score (nSPS) is 18.6. The number of unbranched alkanes of at least 4 members (excludes halogenated alkanes) is 1. The van der Waals surface area contributed by atoms with Crippen molar-refractivity contribution in [2.75, 3.05) is 13.1 Å². The van der Waals surface area contributed by atoms with Crippen molar-refractivity contribution in [3.05, 3.63) is 11.1 Å². The predicted octanol–water partition coefficient (Wildman–Crippen LogP) is 1.83. The summed E-state index contributed by atoms with van der Waals surface area (Å²) >= 11 is 0.0337. The molecule has 68 valence electrons. The van der Waals surface area contributed by atoms with E-state index in [9.17, 15) is 4.79 Å². The Morgan fingerprint density at radius 1 is 1.67 bits per heavy atom. The van der Waals surface area contributed by atoms with Crippen LogP contribution >= 0.6 is 0 Å². The van der Waals surface area contributed by atoms with Gasteiger partial charge in [-0.3, -0.25) is 0 Å². The number of hydrogen-bond donors (Lipinski definition) is 0. The molecule has 0 aromatic heterocycles. The summed E-state index contributed by atoms with van der Waals surface area (Å²) in [5.41, 5.74) is 0. The number of hydrogen-bond acceptors (Lipinski definition) is 1. The van der Waals surface area contributed by atoms with E-state index in [4.69, 9.17) is 0 Å². The van der Waals surface area contributed by atoms with Crippen LogP contribution in [0.15, 0.2) is 11.1 Å². The van der Waals surface area contributed by atoms with Crippen molar-refractivity contribution in [3.8, 4) is 0 Å². The van der Waals surface area contributed by atoms with E-state index in [0.717, 1.165) is 36.8 Å². The molecule has 0 atom stereocenters. The van der Waals surface area contributed by atoms with E-state index in [-0.39, 0.29) is 15.0 Å².